The van der Waals surface area contributed by atoms with E-state index in [2.05, 4.69) is 36.8 Å². The van der Waals surface area contributed by atoms with Gasteiger partial charge >= 0.3 is 0 Å². The van der Waals surface area contributed by atoms with Crippen molar-refractivity contribution in [2.24, 2.45) is 0 Å². The molecule has 14 heavy (non-hydrogen) atoms. The van der Waals surface area contributed by atoms with E-state index in [0.717, 1.165) is 0 Å². The van der Waals surface area contributed by atoms with Crippen LogP contribution in [0.15, 0.2) is 15.1 Å². The van der Waals surface area contributed by atoms with Gasteiger partial charge in [-0.2, -0.15) is 5.26 Å². The van der Waals surface area contributed by atoms with Gasteiger partial charge in [0.2, 0.25) is 0 Å². The van der Waals surface area contributed by atoms with Crippen LogP contribution < -0.4 is 0 Å². The molecule has 1 aromatic rings. The van der Waals surface area contributed by atoms with Gasteiger partial charge in [0.05, 0.1) is 23.7 Å². The zero-order valence-corrected chi connectivity index (χ0v) is 9.94. The largest absolute Gasteiger partial charge is 0.267 e. The van der Waals surface area contributed by atoms with E-state index in [1.54, 1.807) is 0 Å². The highest BCUT2D eigenvalue weighted by molar-refractivity contribution is 9.11. The van der Waals surface area contributed by atoms with Crippen molar-refractivity contribution < 1.29 is 8.78 Å². The topological polar surface area (TPSA) is 36.7 Å². The van der Waals surface area contributed by atoms with Gasteiger partial charge in [0.1, 0.15) is 4.60 Å². The highest BCUT2D eigenvalue weighted by atomic mass is 79.9. The molecule has 1 aromatic heterocycles. The fourth-order valence-electron chi connectivity index (χ4n) is 0.907. The number of hydrogen-bond donors (Lipinski definition) is 0. The minimum absolute atomic E-state index is 0.0760. The molecule has 0 aliphatic rings. The lowest BCUT2D eigenvalue weighted by Crippen LogP contribution is -1.96. The summed E-state index contributed by atoms with van der Waals surface area (Å²) in [6.07, 6.45) is -2.50. The number of halogens is 4. The van der Waals surface area contributed by atoms with Gasteiger partial charge in [0, 0.05) is 4.47 Å². The predicted molar refractivity (Wildman–Crippen MR) is 53.9 cm³/mol. The quantitative estimate of drug-likeness (QED) is 0.779. The summed E-state index contributed by atoms with van der Waals surface area (Å²) in [5.41, 5.74) is 0.266. The van der Waals surface area contributed by atoms with Crippen LogP contribution in [0.3, 0.4) is 0 Å². The minimum atomic E-state index is -2.60. The van der Waals surface area contributed by atoms with Crippen molar-refractivity contribution in [3.05, 3.63) is 26.4 Å². The molecule has 0 aliphatic carbocycles. The SMILES string of the molecule is N#CCc1cc(Br)c(C(F)F)c(Br)n1. The van der Waals surface area contributed by atoms with Gasteiger partial charge < -0.3 is 0 Å². The van der Waals surface area contributed by atoms with E-state index >= 15 is 0 Å². The second-order valence-electron chi connectivity index (χ2n) is 2.44. The summed E-state index contributed by atoms with van der Waals surface area (Å²) < 4.78 is 25.2. The van der Waals surface area contributed by atoms with E-state index in [-0.39, 0.29) is 21.1 Å². The van der Waals surface area contributed by atoms with Crippen molar-refractivity contribution in [1.82, 2.24) is 4.98 Å². The van der Waals surface area contributed by atoms with Crippen LogP contribution in [0.4, 0.5) is 8.78 Å². The summed E-state index contributed by atoms with van der Waals surface area (Å²) in [6, 6.07) is 3.32. The molecule has 1 rings (SSSR count). The molecule has 0 saturated carbocycles. The Bertz CT molecular complexity index is 364. The molecule has 0 fully saturated rings. The van der Waals surface area contributed by atoms with Gasteiger partial charge in [0.15, 0.2) is 0 Å². The second-order valence-corrected chi connectivity index (χ2v) is 4.04. The van der Waals surface area contributed by atoms with Crippen molar-refractivity contribution in [1.29, 1.82) is 5.26 Å². The van der Waals surface area contributed by atoms with E-state index in [9.17, 15) is 8.78 Å². The normalized spacial score (nSPS) is 10.3. The molecule has 1 heterocycles. The zero-order valence-electron chi connectivity index (χ0n) is 6.77. The standard InChI is InChI=1S/C8H4Br2F2N2/c9-5-3-4(1-2-13)14-7(10)6(5)8(11)12/h3,8H,1H2. The third kappa shape index (κ3) is 2.49. The molecule has 0 unspecified atom stereocenters. The molecule has 0 N–H and O–H groups in total. The Morgan fingerprint density at radius 3 is 2.57 bits per heavy atom. The Balaban J connectivity index is 3.19. The van der Waals surface area contributed by atoms with Crippen LogP contribution in [0.1, 0.15) is 17.7 Å². The van der Waals surface area contributed by atoms with Gasteiger partial charge in [-0.1, -0.05) is 15.9 Å². The summed E-state index contributed by atoms with van der Waals surface area (Å²) in [5, 5.41) is 8.41. The maximum absolute atomic E-state index is 12.4. The number of hydrogen-bond acceptors (Lipinski definition) is 2. The number of nitriles is 1. The van der Waals surface area contributed by atoms with E-state index in [0.29, 0.717) is 5.69 Å². The van der Waals surface area contributed by atoms with Gasteiger partial charge in [-0.25, -0.2) is 13.8 Å². The Hall–Kier alpha value is -0.540. The third-order valence-electron chi connectivity index (χ3n) is 1.49. The molecule has 0 saturated heterocycles. The van der Waals surface area contributed by atoms with Gasteiger partial charge in [0.25, 0.3) is 6.43 Å². The summed E-state index contributed by atoms with van der Waals surface area (Å²) in [4.78, 5) is 3.83. The highest BCUT2D eigenvalue weighted by Gasteiger charge is 2.17. The smallest absolute Gasteiger partial charge is 0.244 e. The molecular formula is C8H4Br2F2N2. The number of alkyl halides is 2. The van der Waals surface area contributed by atoms with Crippen molar-refractivity contribution >= 4 is 31.9 Å². The average molecular weight is 326 g/mol. The summed E-state index contributed by atoms with van der Waals surface area (Å²) in [7, 11) is 0. The molecule has 0 aliphatic heterocycles. The average Bonchev–Trinajstić information content (AvgIpc) is 2.01. The highest BCUT2D eigenvalue weighted by Crippen LogP contribution is 2.33. The van der Waals surface area contributed by atoms with Crippen LogP contribution >= 0.6 is 31.9 Å². The monoisotopic (exact) mass is 324 g/mol. The lowest BCUT2D eigenvalue weighted by molar-refractivity contribution is 0.149. The van der Waals surface area contributed by atoms with Crippen molar-refractivity contribution in [3.63, 3.8) is 0 Å². The molecular weight excluding hydrogens is 322 g/mol. The lowest BCUT2D eigenvalue weighted by atomic mass is 10.2. The molecule has 74 valence electrons. The second kappa shape index (κ2) is 4.80. The molecule has 6 heteroatoms. The maximum Gasteiger partial charge on any atom is 0.267 e. The van der Waals surface area contributed by atoms with Crippen LogP contribution in [0.5, 0.6) is 0 Å². The summed E-state index contributed by atoms with van der Waals surface area (Å²) in [6.45, 7) is 0. The van der Waals surface area contributed by atoms with Gasteiger partial charge in [-0.15, -0.1) is 0 Å². The van der Waals surface area contributed by atoms with Crippen molar-refractivity contribution in [3.8, 4) is 6.07 Å². The lowest BCUT2D eigenvalue weighted by Gasteiger charge is -2.06. The Kier molecular flexibility index (Phi) is 3.96. The van der Waals surface area contributed by atoms with Crippen LogP contribution in [0.2, 0.25) is 0 Å². The molecule has 0 radical (unpaired) electrons. The first-order valence-corrected chi connectivity index (χ1v) is 5.14. The molecule has 0 spiro atoms. The number of nitrogens with zero attached hydrogens (tertiary/aromatic N) is 2. The molecule has 0 amide bonds. The van der Waals surface area contributed by atoms with E-state index in [1.165, 1.54) is 6.07 Å². The first-order chi connectivity index (χ1) is 6.56. The molecule has 2 nitrogen and oxygen atoms in total. The first-order valence-electron chi connectivity index (χ1n) is 3.56. The zero-order chi connectivity index (χ0) is 10.7. The molecule has 0 atom stereocenters. The van der Waals surface area contributed by atoms with Gasteiger partial charge in [-0.05, 0) is 22.0 Å². The number of pyridine rings is 1. The Morgan fingerprint density at radius 2 is 2.14 bits per heavy atom. The van der Waals surface area contributed by atoms with Crippen LogP contribution in [-0.4, -0.2) is 4.98 Å². The Morgan fingerprint density at radius 1 is 1.50 bits per heavy atom. The van der Waals surface area contributed by atoms with Gasteiger partial charge in [-0.3, -0.25) is 0 Å². The third-order valence-corrected chi connectivity index (χ3v) is 2.75. The molecule has 0 bridgehead atoms. The number of rotatable bonds is 2. The Labute approximate surface area is 96.2 Å². The number of aromatic nitrogens is 1. The van der Waals surface area contributed by atoms with Crippen LogP contribution in [0.25, 0.3) is 0 Å². The fourth-order valence-corrected chi connectivity index (χ4v) is 2.41. The van der Waals surface area contributed by atoms with E-state index in [1.807, 2.05) is 6.07 Å². The molecule has 0 aromatic carbocycles. The first kappa shape index (κ1) is 11.5. The van der Waals surface area contributed by atoms with Crippen LogP contribution in [0, 0.1) is 11.3 Å². The minimum Gasteiger partial charge on any atom is -0.244 e. The summed E-state index contributed by atoms with van der Waals surface area (Å²) >= 11 is 5.95. The fraction of sp³-hybridized carbons (Fsp3) is 0.250. The van der Waals surface area contributed by atoms with Crippen molar-refractivity contribution in [2.75, 3.05) is 0 Å². The maximum atomic E-state index is 12.4. The van der Waals surface area contributed by atoms with E-state index in [4.69, 9.17) is 5.26 Å². The van der Waals surface area contributed by atoms with E-state index < -0.39 is 6.43 Å². The van der Waals surface area contributed by atoms with Crippen LogP contribution in [-0.2, 0) is 6.42 Å². The van der Waals surface area contributed by atoms with Crippen molar-refractivity contribution in [2.45, 2.75) is 12.8 Å². The predicted octanol–water partition coefficient (Wildman–Crippen LogP) is 3.61. The summed E-state index contributed by atoms with van der Waals surface area (Å²) in [5.74, 6) is 0.